The molecule has 0 amide bonds. The lowest BCUT2D eigenvalue weighted by molar-refractivity contribution is -0.384. The largest absolute Gasteiger partial charge is 0.478 e. The molecule has 0 aliphatic rings. The van der Waals surface area contributed by atoms with E-state index in [1.807, 2.05) is 42.2 Å². The van der Waals surface area contributed by atoms with Gasteiger partial charge in [-0.1, -0.05) is 36.4 Å². The van der Waals surface area contributed by atoms with E-state index in [1.165, 1.54) is 12.1 Å². The van der Waals surface area contributed by atoms with E-state index in [2.05, 4.69) is 0 Å². The molecule has 124 valence electrons. The lowest BCUT2D eigenvalue weighted by atomic mass is 10.1. The zero-order valence-electron chi connectivity index (χ0n) is 13.3. The van der Waals surface area contributed by atoms with Crippen molar-refractivity contribution in [3.05, 3.63) is 75.8 Å². The van der Waals surface area contributed by atoms with Gasteiger partial charge in [-0.15, -0.1) is 0 Å². The molecule has 0 heterocycles. The van der Waals surface area contributed by atoms with Crippen LogP contribution in [0.5, 0.6) is 0 Å². The number of hydrogen-bond donors (Lipinski definition) is 1. The summed E-state index contributed by atoms with van der Waals surface area (Å²) < 4.78 is 0. The van der Waals surface area contributed by atoms with E-state index in [-0.39, 0.29) is 5.69 Å². The van der Waals surface area contributed by atoms with E-state index in [0.29, 0.717) is 24.3 Å². The molecule has 0 spiro atoms. The fourth-order valence-electron chi connectivity index (χ4n) is 2.40. The van der Waals surface area contributed by atoms with Crippen molar-refractivity contribution in [1.29, 1.82) is 0 Å². The number of rotatable bonds is 7. The van der Waals surface area contributed by atoms with E-state index >= 15 is 0 Å². The third-order valence-electron chi connectivity index (χ3n) is 3.55. The summed E-state index contributed by atoms with van der Waals surface area (Å²) in [5.41, 5.74) is 2.01. The maximum atomic E-state index is 11.4. The predicted molar refractivity (Wildman–Crippen MR) is 92.9 cm³/mol. The first kappa shape index (κ1) is 17.2. The lowest BCUT2D eigenvalue weighted by Crippen LogP contribution is -2.23. The molecule has 0 fully saturated rings. The molecule has 0 saturated carbocycles. The van der Waals surface area contributed by atoms with Crippen LogP contribution < -0.4 is 4.90 Å². The van der Waals surface area contributed by atoms with Crippen LogP contribution in [-0.2, 0) is 11.3 Å². The number of benzene rings is 2. The average molecular weight is 326 g/mol. The molecule has 6 heteroatoms. The quantitative estimate of drug-likeness (QED) is 0.476. The molecule has 24 heavy (non-hydrogen) atoms. The van der Waals surface area contributed by atoms with E-state index in [9.17, 15) is 14.9 Å². The van der Waals surface area contributed by atoms with Gasteiger partial charge < -0.3 is 10.0 Å². The van der Waals surface area contributed by atoms with Crippen molar-refractivity contribution in [3.8, 4) is 0 Å². The number of hydrogen-bond acceptors (Lipinski definition) is 4. The topological polar surface area (TPSA) is 83.7 Å². The van der Waals surface area contributed by atoms with Crippen molar-refractivity contribution >= 4 is 23.4 Å². The molecule has 0 unspecified atom stereocenters. The van der Waals surface area contributed by atoms with Crippen LogP contribution in [0.25, 0.3) is 6.08 Å². The van der Waals surface area contributed by atoms with Crippen molar-refractivity contribution in [3.63, 3.8) is 0 Å². The fraction of sp³-hybridized carbons (Fsp3) is 0.167. The number of carboxylic acid groups (broad SMARTS) is 1. The molecule has 0 radical (unpaired) electrons. The van der Waals surface area contributed by atoms with Gasteiger partial charge in [0, 0.05) is 25.2 Å². The second-order valence-corrected chi connectivity index (χ2v) is 5.18. The van der Waals surface area contributed by atoms with Crippen LogP contribution in [0, 0.1) is 10.1 Å². The average Bonchev–Trinajstić information content (AvgIpc) is 2.58. The van der Waals surface area contributed by atoms with E-state index in [1.54, 1.807) is 12.1 Å². The number of nitro benzene ring substituents is 1. The number of carboxylic acids is 1. The highest BCUT2D eigenvalue weighted by Gasteiger charge is 2.19. The standard InChI is InChI=1S/C18H18N2O4/c1-2-19(13-15-6-4-3-5-7-15)16-10-8-14(9-11-18(21)22)12-17(16)20(23)24/h3-12H,2,13H2,1H3,(H,21,22)/b11-9+. The van der Waals surface area contributed by atoms with E-state index in [0.717, 1.165) is 11.6 Å². The Labute approximate surface area is 139 Å². The van der Waals surface area contributed by atoms with Crippen molar-refractivity contribution in [2.45, 2.75) is 13.5 Å². The SMILES string of the molecule is CCN(Cc1ccccc1)c1ccc(/C=C/C(=O)O)cc1[N+](=O)[O-]. The van der Waals surface area contributed by atoms with Gasteiger partial charge in [0.05, 0.1) is 4.92 Å². The van der Waals surface area contributed by atoms with Gasteiger partial charge in [-0.25, -0.2) is 4.79 Å². The van der Waals surface area contributed by atoms with Gasteiger partial charge in [0.2, 0.25) is 0 Å². The van der Waals surface area contributed by atoms with Gasteiger partial charge >= 0.3 is 5.97 Å². The minimum atomic E-state index is -1.10. The zero-order chi connectivity index (χ0) is 17.5. The number of carbonyl (C=O) groups is 1. The molecule has 0 bridgehead atoms. The van der Waals surface area contributed by atoms with Gasteiger partial charge in [0.1, 0.15) is 5.69 Å². The maximum absolute atomic E-state index is 11.4. The van der Waals surface area contributed by atoms with Gasteiger partial charge in [0.25, 0.3) is 5.69 Å². The highest BCUT2D eigenvalue weighted by Crippen LogP contribution is 2.30. The number of nitro groups is 1. The van der Waals surface area contributed by atoms with Crippen molar-refractivity contribution < 1.29 is 14.8 Å². The Morgan fingerprint density at radius 1 is 1.25 bits per heavy atom. The first-order chi connectivity index (χ1) is 11.5. The Balaban J connectivity index is 2.36. The molecule has 0 aliphatic carbocycles. The van der Waals surface area contributed by atoms with Crippen LogP contribution in [0.3, 0.4) is 0 Å². The molecule has 0 aromatic heterocycles. The third-order valence-corrected chi connectivity index (χ3v) is 3.55. The smallest absolute Gasteiger partial charge is 0.328 e. The van der Waals surface area contributed by atoms with Crippen LogP contribution in [0.4, 0.5) is 11.4 Å². The molecule has 2 aromatic carbocycles. The van der Waals surface area contributed by atoms with Crippen LogP contribution >= 0.6 is 0 Å². The molecular weight excluding hydrogens is 308 g/mol. The zero-order valence-corrected chi connectivity index (χ0v) is 13.3. The lowest BCUT2D eigenvalue weighted by Gasteiger charge is -2.23. The number of nitrogens with zero attached hydrogens (tertiary/aromatic N) is 2. The Morgan fingerprint density at radius 3 is 2.54 bits per heavy atom. The molecule has 2 aromatic rings. The molecule has 0 aliphatic heterocycles. The summed E-state index contributed by atoms with van der Waals surface area (Å²) in [6.45, 7) is 3.10. The van der Waals surface area contributed by atoms with Crippen LogP contribution in [0.1, 0.15) is 18.1 Å². The van der Waals surface area contributed by atoms with Crippen molar-refractivity contribution in [2.24, 2.45) is 0 Å². The van der Waals surface area contributed by atoms with E-state index in [4.69, 9.17) is 5.11 Å². The van der Waals surface area contributed by atoms with Crippen LogP contribution in [0.15, 0.2) is 54.6 Å². The third kappa shape index (κ3) is 4.42. The Bertz CT molecular complexity index is 757. The normalized spacial score (nSPS) is 10.7. The van der Waals surface area contributed by atoms with Crippen molar-refractivity contribution in [1.82, 2.24) is 0 Å². The minimum absolute atomic E-state index is 0.0414. The summed E-state index contributed by atoms with van der Waals surface area (Å²) in [5.74, 6) is -1.10. The number of aliphatic carboxylic acids is 1. The Kier molecular flexibility index (Phi) is 5.68. The summed E-state index contributed by atoms with van der Waals surface area (Å²) >= 11 is 0. The second kappa shape index (κ2) is 7.92. The van der Waals surface area contributed by atoms with Crippen molar-refractivity contribution in [2.75, 3.05) is 11.4 Å². The summed E-state index contributed by atoms with van der Waals surface area (Å²) in [6.07, 6.45) is 2.30. The fourth-order valence-corrected chi connectivity index (χ4v) is 2.40. The van der Waals surface area contributed by atoms with Gasteiger partial charge in [0.15, 0.2) is 0 Å². The Morgan fingerprint density at radius 2 is 1.96 bits per heavy atom. The molecule has 1 N–H and O–H groups in total. The van der Waals surface area contributed by atoms with Crippen LogP contribution in [0.2, 0.25) is 0 Å². The molecule has 0 saturated heterocycles. The maximum Gasteiger partial charge on any atom is 0.328 e. The summed E-state index contributed by atoms with van der Waals surface area (Å²) in [7, 11) is 0. The minimum Gasteiger partial charge on any atom is -0.478 e. The molecular formula is C18H18N2O4. The molecule has 2 rings (SSSR count). The van der Waals surface area contributed by atoms with E-state index < -0.39 is 10.9 Å². The summed E-state index contributed by atoms with van der Waals surface area (Å²) in [5, 5.41) is 20.1. The molecule has 0 atom stereocenters. The predicted octanol–water partition coefficient (Wildman–Crippen LogP) is 3.72. The van der Waals surface area contributed by atoms with Gasteiger partial charge in [-0.2, -0.15) is 0 Å². The van der Waals surface area contributed by atoms with Gasteiger partial charge in [-0.05, 0) is 30.2 Å². The highest BCUT2D eigenvalue weighted by atomic mass is 16.6. The first-order valence-corrected chi connectivity index (χ1v) is 7.49. The summed E-state index contributed by atoms with van der Waals surface area (Å²) in [6, 6.07) is 14.4. The second-order valence-electron chi connectivity index (χ2n) is 5.18. The molecule has 6 nitrogen and oxygen atoms in total. The summed E-state index contributed by atoms with van der Waals surface area (Å²) in [4.78, 5) is 23.5. The van der Waals surface area contributed by atoms with Gasteiger partial charge in [-0.3, -0.25) is 10.1 Å². The first-order valence-electron chi connectivity index (χ1n) is 7.49. The monoisotopic (exact) mass is 326 g/mol. The highest BCUT2D eigenvalue weighted by molar-refractivity contribution is 5.85. The Hall–Kier alpha value is -3.15. The number of anilines is 1. The van der Waals surface area contributed by atoms with Crippen LogP contribution in [-0.4, -0.2) is 22.5 Å².